The first-order chi connectivity index (χ1) is 16.1. The van der Waals surface area contributed by atoms with Gasteiger partial charge in [0.2, 0.25) is 21.8 Å². The number of para-hydroxylation sites is 1. The van der Waals surface area contributed by atoms with E-state index < -0.39 is 21.8 Å². The minimum atomic E-state index is -3.63. The third-order valence-electron chi connectivity index (χ3n) is 6.03. The van der Waals surface area contributed by atoms with E-state index in [1.807, 2.05) is 13.8 Å². The summed E-state index contributed by atoms with van der Waals surface area (Å²) in [6, 6.07) is 11.7. The number of nitrogens with zero attached hydrogens (tertiary/aromatic N) is 1. The van der Waals surface area contributed by atoms with Crippen molar-refractivity contribution in [3.05, 3.63) is 59.2 Å². The van der Waals surface area contributed by atoms with Crippen molar-refractivity contribution in [2.45, 2.75) is 38.0 Å². The van der Waals surface area contributed by atoms with Crippen LogP contribution >= 0.6 is 0 Å². The lowest BCUT2D eigenvalue weighted by molar-refractivity contribution is -0.121. The van der Waals surface area contributed by atoms with Crippen LogP contribution in [0.25, 0.3) is 0 Å². The molecule has 0 unspecified atom stereocenters. The molecule has 0 radical (unpaired) electrons. The summed E-state index contributed by atoms with van der Waals surface area (Å²) < 4.78 is 27.5. The smallest absolute Gasteiger partial charge is 0.253 e. The average Bonchev–Trinajstić information content (AvgIpc) is 2.80. The van der Waals surface area contributed by atoms with Crippen LogP contribution in [0.5, 0.6) is 0 Å². The molecule has 34 heavy (non-hydrogen) atoms. The van der Waals surface area contributed by atoms with Gasteiger partial charge in [-0.05, 0) is 62.1 Å². The summed E-state index contributed by atoms with van der Waals surface area (Å²) in [5.41, 5.74) is 7.65. The van der Waals surface area contributed by atoms with Crippen molar-refractivity contribution in [1.29, 1.82) is 0 Å². The predicted molar refractivity (Wildman–Crippen MR) is 129 cm³/mol. The zero-order chi connectivity index (χ0) is 24.9. The number of hydrogen-bond donors (Lipinski definition) is 3. The highest BCUT2D eigenvalue weighted by molar-refractivity contribution is 7.89. The summed E-state index contributed by atoms with van der Waals surface area (Å²) in [5.74, 6) is -1.59. The number of carbonyl (C=O) groups excluding carboxylic acids is 3. The van der Waals surface area contributed by atoms with E-state index in [-0.39, 0.29) is 48.3 Å². The second-order valence-corrected chi connectivity index (χ2v) is 10.4. The van der Waals surface area contributed by atoms with Crippen molar-refractivity contribution in [2.24, 2.45) is 11.7 Å². The maximum atomic E-state index is 13.0. The molecule has 2 aromatic rings. The molecular weight excluding hydrogens is 456 g/mol. The fourth-order valence-corrected chi connectivity index (χ4v) is 5.36. The van der Waals surface area contributed by atoms with Gasteiger partial charge in [-0.3, -0.25) is 14.4 Å². The molecule has 10 heteroatoms. The van der Waals surface area contributed by atoms with Gasteiger partial charge in [-0.1, -0.05) is 18.2 Å². The first kappa shape index (κ1) is 25.4. The lowest BCUT2D eigenvalue weighted by Gasteiger charge is -2.30. The van der Waals surface area contributed by atoms with Crippen molar-refractivity contribution >= 4 is 33.4 Å². The number of aryl methyl sites for hydroxylation is 2. The molecule has 1 aliphatic rings. The first-order valence-corrected chi connectivity index (χ1v) is 12.6. The number of hydrogen-bond acceptors (Lipinski definition) is 5. The van der Waals surface area contributed by atoms with Crippen LogP contribution in [-0.4, -0.2) is 50.1 Å². The maximum Gasteiger partial charge on any atom is 0.253 e. The molecule has 1 fully saturated rings. The van der Waals surface area contributed by atoms with Gasteiger partial charge in [0.1, 0.15) is 0 Å². The van der Waals surface area contributed by atoms with Crippen LogP contribution < -0.4 is 16.4 Å². The Morgan fingerprint density at radius 1 is 1.03 bits per heavy atom. The molecule has 3 rings (SSSR count). The van der Waals surface area contributed by atoms with Crippen molar-refractivity contribution in [1.82, 2.24) is 9.62 Å². The SMILES string of the molecule is Cc1ccc(S(=O)(=O)N2CCC(C(=O)Nc3ccccc3C(=O)NCCC(N)=O)CC2)cc1C. The number of anilines is 1. The van der Waals surface area contributed by atoms with Crippen LogP contribution in [0.2, 0.25) is 0 Å². The summed E-state index contributed by atoms with van der Waals surface area (Å²) in [5, 5.41) is 5.40. The van der Waals surface area contributed by atoms with Gasteiger partial charge in [-0.15, -0.1) is 0 Å². The highest BCUT2D eigenvalue weighted by atomic mass is 32.2. The number of nitrogens with two attached hydrogens (primary N) is 1. The first-order valence-electron chi connectivity index (χ1n) is 11.1. The second-order valence-electron chi connectivity index (χ2n) is 8.43. The monoisotopic (exact) mass is 486 g/mol. The zero-order valence-corrected chi connectivity index (χ0v) is 20.2. The van der Waals surface area contributed by atoms with E-state index in [1.54, 1.807) is 42.5 Å². The predicted octanol–water partition coefficient (Wildman–Crippen LogP) is 1.95. The largest absolute Gasteiger partial charge is 0.370 e. The van der Waals surface area contributed by atoms with Crippen LogP contribution in [0.4, 0.5) is 5.69 Å². The Bertz CT molecular complexity index is 1190. The number of nitrogens with one attached hydrogen (secondary N) is 2. The number of amides is 3. The highest BCUT2D eigenvalue weighted by Gasteiger charge is 2.32. The Kier molecular flexibility index (Phi) is 8.06. The van der Waals surface area contributed by atoms with Gasteiger partial charge in [-0.2, -0.15) is 4.31 Å². The Labute approximate surface area is 199 Å². The van der Waals surface area contributed by atoms with Gasteiger partial charge in [0.05, 0.1) is 16.1 Å². The Morgan fingerprint density at radius 3 is 2.35 bits per heavy atom. The fourth-order valence-electron chi connectivity index (χ4n) is 3.80. The molecule has 0 bridgehead atoms. The number of benzene rings is 2. The Morgan fingerprint density at radius 2 is 1.71 bits per heavy atom. The molecule has 0 saturated carbocycles. The number of rotatable bonds is 8. The van der Waals surface area contributed by atoms with E-state index in [2.05, 4.69) is 10.6 Å². The molecule has 1 aliphatic heterocycles. The topological polar surface area (TPSA) is 139 Å². The molecule has 2 aromatic carbocycles. The Balaban J connectivity index is 1.62. The van der Waals surface area contributed by atoms with Gasteiger partial charge < -0.3 is 16.4 Å². The molecule has 1 heterocycles. The van der Waals surface area contributed by atoms with Gasteiger partial charge in [-0.25, -0.2) is 8.42 Å². The van der Waals surface area contributed by atoms with E-state index in [1.165, 1.54) is 4.31 Å². The zero-order valence-electron chi connectivity index (χ0n) is 19.3. The third kappa shape index (κ3) is 6.00. The van der Waals surface area contributed by atoms with Crippen LogP contribution in [0.1, 0.15) is 40.7 Å². The van der Waals surface area contributed by atoms with Crippen LogP contribution in [0.15, 0.2) is 47.4 Å². The van der Waals surface area contributed by atoms with Gasteiger partial charge >= 0.3 is 0 Å². The molecule has 182 valence electrons. The summed E-state index contributed by atoms with van der Waals surface area (Å²) in [7, 11) is -3.63. The standard InChI is InChI=1S/C24H30N4O5S/c1-16-7-8-19(15-17(16)2)34(32,33)28-13-10-18(11-14-28)23(30)27-21-6-4-3-5-20(21)24(31)26-12-9-22(25)29/h3-8,15,18H,9-14H2,1-2H3,(H2,25,29)(H,26,31)(H,27,30). The molecular formula is C24H30N4O5S. The van der Waals surface area contributed by atoms with Gasteiger partial charge in [0.25, 0.3) is 5.91 Å². The van der Waals surface area contributed by atoms with Crippen molar-refractivity contribution < 1.29 is 22.8 Å². The van der Waals surface area contributed by atoms with Crippen LogP contribution in [0, 0.1) is 19.8 Å². The number of carbonyl (C=O) groups is 3. The van der Waals surface area contributed by atoms with Gasteiger partial charge in [0.15, 0.2) is 0 Å². The van der Waals surface area contributed by atoms with Crippen molar-refractivity contribution in [3.8, 4) is 0 Å². The highest BCUT2D eigenvalue weighted by Crippen LogP contribution is 2.26. The quantitative estimate of drug-likeness (QED) is 0.523. The van der Waals surface area contributed by atoms with E-state index in [0.29, 0.717) is 18.5 Å². The van der Waals surface area contributed by atoms with E-state index >= 15 is 0 Å². The number of piperidine rings is 1. The molecule has 4 N–H and O–H groups in total. The molecule has 1 saturated heterocycles. The average molecular weight is 487 g/mol. The minimum Gasteiger partial charge on any atom is -0.370 e. The maximum absolute atomic E-state index is 13.0. The minimum absolute atomic E-state index is 0.0178. The van der Waals surface area contributed by atoms with Crippen molar-refractivity contribution in [2.75, 3.05) is 25.0 Å². The lowest BCUT2D eigenvalue weighted by atomic mass is 9.97. The third-order valence-corrected chi connectivity index (χ3v) is 7.92. The van der Waals surface area contributed by atoms with E-state index in [4.69, 9.17) is 5.73 Å². The van der Waals surface area contributed by atoms with Crippen LogP contribution in [-0.2, 0) is 19.6 Å². The van der Waals surface area contributed by atoms with E-state index in [9.17, 15) is 22.8 Å². The number of sulfonamides is 1. The second kappa shape index (κ2) is 10.8. The molecule has 0 atom stereocenters. The molecule has 3 amide bonds. The molecule has 0 aliphatic carbocycles. The lowest BCUT2D eigenvalue weighted by Crippen LogP contribution is -2.41. The summed E-state index contributed by atoms with van der Waals surface area (Å²) in [4.78, 5) is 36.5. The fraction of sp³-hybridized carbons (Fsp3) is 0.375. The van der Waals surface area contributed by atoms with E-state index in [0.717, 1.165) is 11.1 Å². The normalized spacial score (nSPS) is 15.0. The van der Waals surface area contributed by atoms with Crippen LogP contribution in [0.3, 0.4) is 0 Å². The summed E-state index contributed by atoms with van der Waals surface area (Å²) >= 11 is 0. The Hall–Kier alpha value is -3.24. The van der Waals surface area contributed by atoms with Crippen molar-refractivity contribution in [3.63, 3.8) is 0 Å². The summed E-state index contributed by atoms with van der Waals surface area (Å²) in [6.07, 6.45) is 0.773. The summed E-state index contributed by atoms with van der Waals surface area (Å²) in [6.45, 7) is 4.38. The molecule has 9 nitrogen and oxygen atoms in total. The van der Waals surface area contributed by atoms with Gasteiger partial charge in [0, 0.05) is 32.0 Å². The molecule has 0 spiro atoms. The molecule has 0 aromatic heterocycles. The number of primary amides is 1.